The van der Waals surface area contributed by atoms with Crippen molar-refractivity contribution >= 4 is 5.91 Å². The molecule has 0 aliphatic rings. The average Bonchev–Trinajstić information content (AvgIpc) is 3.17. The fourth-order valence-electron chi connectivity index (χ4n) is 2.60. The number of benzene rings is 1. The summed E-state index contributed by atoms with van der Waals surface area (Å²) in [6, 6.07) is 14.7. The molecule has 0 N–H and O–H groups in total. The van der Waals surface area contributed by atoms with E-state index in [1.807, 2.05) is 36.4 Å². The number of alkyl halides is 2. The highest BCUT2D eigenvalue weighted by atomic mass is 19.3. The minimum absolute atomic E-state index is 0.00209. The second kappa shape index (κ2) is 8.33. The summed E-state index contributed by atoms with van der Waals surface area (Å²) in [5.41, 5.74) is 1.96. The maximum absolute atomic E-state index is 12.8. The van der Waals surface area contributed by atoms with Gasteiger partial charge in [-0.05, 0) is 29.7 Å². The van der Waals surface area contributed by atoms with Gasteiger partial charge in [-0.3, -0.25) is 9.78 Å². The first kappa shape index (κ1) is 17.7. The molecule has 0 unspecified atom stereocenters. The van der Waals surface area contributed by atoms with Gasteiger partial charge in [0, 0.05) is 31.7 Å². The van der Waals surface area contributed by atoms with Gasteiger partial charge in [-0.2, -0.15) is 13.9 Å². The van der Waals surface area contributed by atoms with E-state index in [0.29, 0.717) is 24.2 Å². The van der Waals surface area contributed by atoms with Crippen LogP contribution in [0.2, 0.25) is 0 Å². The summed E-state index contributed by atoms with van der Waals surface area (Å²) >= 11 is 0. The van der Waals surface area contributed by atoms with Gasteiger partial charge in [0.15, 0.2) is 5.69 Å². The SMILES string of the molecule is O=C(c1ccn(C(F)F)n1)N(CCc1ccccc1)Cc1cccnc1. The third kappa shape index (κ3) is 4.50. The number of halogens is 2. The summed E-state index contributed by atoms with van der Waals surface area (Å²) in [6.45, 7) is -1.99. The van der Waals surface area contributed by atoms with Crippen LogP contribution >= 0.6 is 0 Å². The van der Waals surface area contributed by atoms with Crippen LogP contribution in [0.15, 0.2) is 67.1 Å². The Bertz CT molecular complexity index is 837. The van der Waals surface area contributed by atoms with Crippen LogP contribution in [0.1, 0.15) is 28.2 Å². The summed E-state index contributed by atoms with van der Waals surface area (Å²) in [6.07, 6.45) is 5.10. The number of hydrogen-bond donors (Lipinski definition) is 0. The summed E-state index contributed by atoms with van der Waals surface area (Å²) in [5, 5.41) is 3.69. The van der Waals surface area contributed by atoms with Gasteiger partial charge in [0.05, 0.1) is 0 Å². The molecule has 0 saturated heterocycles. The van der Waals surface area contributed by atoms with Gasteiger partial charge < -0.3 is 4.90 Å². The molecule has 3 aromatic rings. The summed E-state index contributed by atoms with van der Waals surface area (Å²) in [4.78, 5) is 18.4. The first-order valence-electron chi connectivity index (χ1n) is 8.19. The molecule has 3 rings (SSSR count). The second-order valence-corrected chi connectivity index (χ2v) is 5.78. The van der Waals surface area contributed by atoms with E-state index >= 15 is 0 Å². The van der Waals surface area contributed by atoms with Gasteiger partial charge in [-0.25, -0.2) is 4.68 Å². The maximum Gasteiger partial charge on any atom is 0.333 e. The first-order chi connectivity index (χ1) is 12.6. The Kier molecular flexibility index (Phi) is 5.68. The number of amides is 1. The van der Waals surface area contributed by atoms with E-state index in [0.717, 1.165) is 17.3 Å². The van der Waals surface area contributed by atoms with E-state index < -0.39 is 6.55 Å². The summed E-state index contributed by atoms with van der Waals surface area (Å²) in [5.74, 6) is -0.385. The van der Waals surface area contributed by atoms with Crippen LogP contribution in [-0.4, -0.2) is 32.1 Å². The fraction of sp³-hybridized carbons (Fsp3) is 0.211. The maximum atomic E-state index is 12.8. The zero-order valence-electron chi connectivity index (χ0n) is 14.0. The molecular formula is C19H18F2N4O. The number of pyridine rings is 1. The molecule has 0 fully saturated rings. The zero-order chi connectivity index (χ0) is 18.4. The minimum Gasteiger partial charge on any atom is -0.333 e. The Morgan fingerprint density at radius 2 is 1.85 bits per heavy atom. The van der Waals surface area contributed by atoms with E-state index in [4.69, 9.17) is 0 Å². The van der Waals surface area contributed by atoms with Gasteiger partial charge >= 0.3 is 6.55 Å². The van der Waals surface area contributed by atoms with E-state index in [1.165, 1.54) is 6.07 Å². The van der Waals surface area contributed by atoms with Crippen molar-refractivity contribution in [1.82, 2.24) is 19.7 Å². The number of nitrogens with zero attached hydrogens (tertiary/aromatic N) is 4. The molecule has 0 aliphatic heterocycles. The normalized spacial score (nSPS) is 10.9. The average molecular weight is 356 g/mol. The molecule has 0 spiro atoms. The van der Waals surface area contributed by atoms with Crippen LogP contribution in [0.4, 0.5) is 8.78 Å². The topological polar surface area (TPSA) is 51.0 Å². The number of carbonyl (C=O) groups is 1. The van der Waals surface area contributed by atoms with Crippen LogP contribution in [0, 0.1) is 0 Å². The highest BCUT2D eigenvalue weighted by Gasteiger charge is 2.20. The monoisotopic (exact) mass is 356 g/mol. The van der Waals surface area contributed by atoms with Crippen LogP contribution < -0.4 is 0 Å². The third-order valence-corrected chi connectivity index (χ3v) is 3.92. The fourth-order valence-corrected chi connectivity index (χ4v) is 2.60. The Morgan fingerprint density at radius 1 is 1.08 bits per heavy atom. The summed E-state index contributed by atoms with van der Waals surface area (Å²) in [7, 11) is 0. The first-order valence-corrected chi connectivity index (χ1v) is 8.19. The lowest BCUT2D eigenvalue weighted by molar-refractivity contribution is 0.0550. The van der Waals surface area contributed by atoms with Crippen LogP contribution in [-0.2, 0) is 13.0 Å². The Hall–Kier alpha value is -3.09. The lowest BCUT2D eigenvalue weighted by Gasteiger charge is -2.22. The van der Waals surface area contributed by atoms with Crippen molar-refractivity contribution in [2.45, 2.75) is 19.5 Å². The molecule has 0 bridgehead atoms. The van der Waals surface area contributed by atoms with Gasteiger partial charge in [0.25, 0.3) is 5.91 Å². The van der Waals surface area contributed by atoms with E-state index in [2.05, 4.69) is 10.1 Å². The van der Waals surface area contributed by atoms with E-state index in [1.54, 1.807) is 23.4 Å². The van der Waals surface area contributed by atoms with E-state index in [-0.39, 0.29) is 11.6 Å². The lowest BCUT2D eigenvalue weighted by Crippen LogP contribution is -2.33. The molecule has 2 heterocycles. The molecule has 26 heavy (non-hydrogen) atoms. The molecule has 0 saturated carbocycles. The third-order valence-electron chi connectivity index (χ3n) is 3.92. The van der Waals surface area contributed by atoms with Crippen molar-refractivity contribution in [3.8, 4) is 0 Å². The van der Waals surface area contributed by atoms with Crippen LogP contribution in [0.3, 0.4) is 0 Å². The highest BCUT2D eigenvalue weighted by Crippen LogP contribution is 2.13. The molecule has 0 radical (unpaired) electrons. The molecule has 0 atom stereocenters. The van der Waals surface area contributed by atoms with Crippen molar-refractivity contribution in [1.29, 1.82) is 0 Å². The second-order valence-electron chi connectivity index (χ2n) is 5.78. The highest BCUT2D eigenvalue weighted by molar-refractivity contribution is 5.92. The Labute approximate surface area is 149 Å². The Morgan fingerprint density at radius 3 is 2.50 bits per heavy atom. The molecule has 0 aliphatic carbocycles. The molecule has 7 heteroatoms. The molecule has 134 valence electrons. The quantitative estimate of drug-likeness (QED) is 0.650. The number of carbonyl (C=O) groups excluding carboxylic acids is 1. The van der Waals surface area contributed by atoms with Gasteiger partial charge in [0.1, 0.15) is 0 Å². The number of hydrogen-bond acceptors (Lipinski definition) is 3. The predicted molar refractivity (Wildman–Crippen MR) is 92.6 cm³/mol. The van der Waals surface area contributed by atoms with Crippen molar-refractivity contribution < 1.29 is 13.6 Å². The van der Waals surface area contributed by atoms with Gasteiger partial charge in [-0.1, -0.05) is 36.4 Å². The minimum atomic E-state index is -2.77. The summed E-state index contributed by atoms with van der Waals surface area (Å²) < 4.78 is 25.9. The largest absolute Gasteiger partial charge is 0.333 e. The van der Waals surface area contributed by atoms with Crippen LogP contribution in [0.25, 0.3) is 0 Å². The van der Waals surface area contributed by atoms with Crippen molar-refractivity contribution in [3.05, 3.63) is 83.9 Å². The molecule has 2 aromatic heterocycles. The number of aromatic nitrogens is 3. The smallest absolute Gasteiger partial charge is 0.333 e. The molecule has 1 amide bonds. The van der Waals surface area contributed by atoms with E-state index in [9.17, 15) is 13.6 Å². The van der Waals surface area contributed by atoms with Crippen molar-refractivity contribution in [3.63, 3.8) is 0 Å². The van der Waals surface area contributed by atoms with Crippen molar-refractivity contribution in [2.75, 3.05) is 6.54 Å². The van der Waals surface area contributed by atoms with Gasteiger partial charge in [0.2, 0.25) is 0 Å². The lowest BCUT2D eigenvalue weighted by atomic mass is 10.1. The standard InChI is InChI=1S/C19H18F2N4O/c20-19(21)25-12-9-17(23-25)18(26)24(14-16-7-4-10-22-13-16)11-8-15-5-2-1-3-6-15/h1-7,9-10,12-13,19H,8,11,14H2. The van der Waals surface area contributed by atoms with Gasteiger partial charge in [-0.15, -0.1) is 0 Å². The molecule has 5 nitrogen and oxygen atoms in total. The Balaban J connectivity index is 1.77. The zero-order valence-corrected chi connectivity index (χ0v) is 14.0. The number of rotatable bonds is 7. The molecular weight excluding hydrogens is 338 g/mol. The van der Waals surface area contributed by atoms with Crippen LogP contribution in [0.5, 0.6) is 0 Å². The molecule has 1 aromatic carbocycles. The predicted octanol–water partition coefficient (Wildman–Crippen LogP) is 3.56. The van der Waals surface area contributed by atoms with Crippen molar-refractivity contribution in [2.24, 2.45) is 0 Å².